The number of aryl methyl sites for hydroxylation is 3. The van der Waals surface area contributed by atoms with E-state index in [0.717, 1.165) is 17.2 Å². The van der Waals surface area contributed by atoms with E-state index in [1.807, 2.05) is 0 Å². The third-order valence-corrected chi connectivity index (χ3v) is 5.00. The van der Waals surface area contributed by atoms with Crippen LogP contribution in [-0.4, -0.2) is 9.38 Å². The standard InChI is InChI=1S/C17H21N3S/c1-11-7-5-6-8-15(11)13(3)18-9-16-14(4)19-17-20(16)12(2)10-21-17/h5-8,10,13,18H,9H2,1-4H3/t13-/m0/s1. The van der Waals surface area contributed by atoms with Gasteiger partial charge in [-0.05, 0) is 38.8 Å². The highest BCUT2D eigenvalue weighted by molar-refractivity contribution is 7.15. The lowest BCUT2D eigenvalue weighted by atomic mass is 10.0. The maximum Gasteiger partial charge on any atom is 0.194 e. The molecule has 0 saturated heterocycles. The number of aromatic nitrogens is 2. The fourth-order valence-electron chi connectivity index (χ4n) is 2.81. The van der Waals surface area contributed by atoms with Gasteiger partial charge in [0, 0.05) is 23.7 Å². The summed E-state index contributed by atoms with van der Waals surface area (Å²) in [4.78, 5) is 5.73. The fourth-order valence-corrected chi connectivity index (χ4v) is 3.74. The molecule has 0 saturated carbocycles. The Labute approximate surface area is 129 Å². The Balaban J connectivity index is 1.82. The number of benzene rings is 1. The van der Waals surface area contributed by atoms with Gasteiger partial charge in [0.05, 0.1) is 11.4 Å². The Morgan fingerprint density at radius 3 is 2.76 bits per heavy atom. The normalized spacial score (nSPS) is 13.0. The summed E-state index contributed by atoms with van der Waals surface area (Å²) in [6.45, 7) is 9.45. The van der Waals surface area contributed by atoms with Crippen LogP contribution in [0, 0.1) is 20.8 Å². The van der Waals surface area contributed by atoms with Crippen LogP contribution in [-0.2, 0) is 6.54 Å². The molecule has 0 unspecified atom stereocenters. The molecule has 0 amide bonds. The number of nitrogens with one attached hydrogen (secondary N) is 1. The molecule has 0 aliphatic carbocycles. The molecule has 110 valence electrons. The monoisotopic (exact) mass is 299 g/mol. The van der Waals surface area contributed by atoms with Crippen molar-refractivity contribution in [1.29, 1.82) is 0 Å². The highest BCUT2D eigenvalue weighted by Crippen LogP contribution is 2.22. The smallest absolute Gasteiger partial charge is 0.194 e. The lowest BCUT2D eigenvalue weighted by Gasteiger charge is -2.16. The largest absolute Gasteiger partial charge is 0.305 e. The van der Waals surface area contributed by atoms with Gasteiger partial charge in [0.25, 0.3) is 0 Å². The topological polar surface area (TPSA) is 29.3 Å². The Bertz CT molecular complexity index is 770. The number of fused-ring (bicyclic) bond motifs is 1. The van der Waals surface area contributed by atoms with Crippen molar-refractivity contribution in [3.63, 3.8) is 0 Å². The van der Waals surface area contributed by atoms with E-state index in [2.05, 4.69) is 72.0 Å². The van der Waals surface area contributed by atoms with E-state index in [1.54, 1.807) is 11.3 Å². The maximum absolute atomic E-state index is 4.64. The minimum absolute atomic E-state index is 0.329. The average molecular weight is 299 g/mol. The lowest BCUT2D eigenvalue weighted by Crippen LogP contribution is -2.20. The van der Waals surface area contributed by atoms with Gasteiger partial charge in [-0.15, -0.1) is 11.3 Å². The summed E-state index contributed by atoms with van der Waals surface area (Å²) in [6.07, 6.45) is 0. The summed E-state index contributed by atoms with van der Waals surface area (Å²) in [7, 11) is 0. The molecule has 0 radical (unpaired) electrons. The summed E-state index contributed by atoms with van der Waals surface area (Å²) in [5.74, 6) is 0. The summed E-state index contributed by atoms with van der Waals surface area (Å²) < 4.78 is 2.26. The first kappa shape index (κ1) is 14.3. The summed E-state index contributed by atoms with van der Waals surface area (Å²) in [6, 6.07) is 8.88. The van der Waals surface area contributed by atoms with E-state index in [9.17, 15) is 0 Å². The van der Waals surface area contributed by atoms with Gasteiger partial charge in [-0.1, -0.05) is 24.3 Å². The van der Waals surface area contributed by atoms with Crippen LogP contribution in [0.15, 0.2) is 29.6 Å². The molecule has 1 atom stereocenters. The van der Waals surface area contributed by atoms with Crippen molar-refractivity contribution in [3.8, 4) is 0 Å². The Morgan fingerprint density at radius 2 is 2.00 bits per heavy atom. The molecule has 0 aliphatic heterocycles. The second kappa shape index (κ2) is 5.62. The number of hydrogen-bond acceptors (Lipinski definition) is 3. The van der Waals surface area contributed by atoms with Gasteiger partial charge < -0.3 is 5.32 Å². The van der Waals surface area contributed by atoms with Crippen LogP contribution in [0.2, 0.25) is 0 Å². The van der Waals surface area contributed by atoms with Crippen molar-refractivity contribution in [3.05, 3.63) is 57.9 Å². The van der Waals surface area contributed by atoms with E-state index in [4.69, 9.17) is 0 Å². The molecule has 2 heterocycles. The van der Waals surface area contributed by atoms with E-state index < -0.39 is 0 Å². The predicted molar refractivity (Wildman–Crippen MR) is 89.0 cm³/mol. The average Bonchev–Trinajstić information content (AvgIpc) is 2.96. The number of imidazole rings is 1. The number of hydrogen-bond donors (Lipinski definition) is 1. The number of rotatable bonds is 4. The first-order chi connectivity index (χ1) is 10.1. The molecule has 1 aromatic carbocycles. The van der Waals surface area contributed by atoms with E-state index >= 15 is 0 Å². The SMILES string of the molecule is Cc1ccccc1[C@H](C)NCc1c(C)nc2scc(C)n12. The van der Waals surface area contributed by atoms with Crippen LogP contribution in [0.5, 0.6) is 0 Å². The van der Waals surface area contributed by atoms with Crippen LogP contribution in [0.25, 0.3) is 4.96 Å². The van der Waals surface area contributed by atoms with Crippen LogP contribution < -0.4 is 5.32 Å². The molecule has 0 aliphatic rings. The van der Waals surface area contributed by atoms with Crippen molar-refractivity contribution in [1.82, 2.24) is 14.7 Å². The zero-order chi connectivity index (χ0) is 15.0. The van der Waals surface area contributed by atoms with Gasteiger partial charge in [-0.2, -0.15) is 0 Å². The summed E-state index contributed by atoms with van der Waals surface area (Å²) in [5.41, 5.74) is 6.34. The highest BCUT2D eigenvalue weighted by Gasteiger charge is 2.14. The van der Waals surface area contributed by atoms with Crippen molar-refractivity contribution >= 4 is 16.3 Å². The van der Waals surface area contributed by atoms with Crippen LogP contribution >= 0.6 is 11.3 Å². The molecular formula is C17H21N3S. The fraction of sp³-hybridized carbons (Fsp3) is 0.353. The van der Waals surface area contributed by atoms with Crippen LogP contribution in [0.3, 0.4) is 0 Å². The predicted octanol–water partition coefficient (Wildman–Crippen LogP) is 4.17. The van der Waals surface area contributed by atoms with Crippen molar-refractivity contribution in [2.75, 3.05) is 0 Å². The van der Waals surface area contributed by atoms with Gasteiger partial charge in [0.15, 0.2) is 4.96 Å². The Morgan fingerprint density at radius 1 is 1.24 bits per heavy atom. The van der Waals surface area contributed by atoms with Gasteiger partial charge in [-0.25, -0.2) is 4.98 Å². The second-order valence-electron chi connectivity index (χ2n) is 5.60. The quantitative estimate of drug-likeness (QED) is 0.783. The summed E-state index contributed by atoms with van der Waals surface area (Å²) in [5, 5.41) is 5.80. The molecule has 0 bridgehead atoms. The summed E-state index contributed by atoms with van der Waals surface area (Å²) >= 11 is 1.71. The third-order valence-electron chi connectivity index (χ3n) is 4.06. The van der Waals surface area contributed by atoms with Crippen LogP contribution in [0.1, 0.15) is 41.2 Å². The van der Waals surface area contributed by atoms with E-state index in [1.165, 1.54) is 22.5 Å². The highest BCUT2D eigenvalue weighted by atomic mass is 32.1. The molecule has 4 heteroatoms. The second-order valence-corrected chi connectivity index (χ2v) is 6.43. The first-order valence-electron chi connectivity index (χ1n) is 7.29. The first-order valence-corrected chi connectivity index (χ1v) is 8.17. The number of thiazole rings is 1. The Hall–Kier alpha value is -1.65. The molecule has 0 fully saturated rings. The molecule has 21 heavy (non-hydrogen) atoms. The molecule has 3 aromatic rings. The van der Waals surface area contributed by atoms with Gasteiger partial charge >= 0.3 is 0 Å². The number of nitrogens with zero attached hydrogens (tertiary/aromatic N) is 2. The molecule has 3 rings (SSSR count). The molecular weight excluding hydrogens is 278 g/mol. The van der Waals surface area contributed by atoms with Gasteiger partial charge in [0.2, 0.25) is 0 Å². The zero-order valence-electron chi connectivity index (χ0n) is 13.0. The maximum atomic E-state index is 4.64. The van der Waals surface area contributed by atoms with Gasteiger partial charge in [-0.3, -0.25) is 4.40 Å². The Kier molecular flexibility index (Phi) is 3.83. The minimum Gasteiger partial charge on any atom is -0.305 e. The molecule has 0 spiro atoms. The third kappa shape index (κ3) is 2.61. The van der Waals surface area contributed by atoms with Crippen LogP contribution in [0.4, 0.5) is 0 Å². The lowest BCUT2D eigenvalue weighted by molar-refractivity contribution is 0.561. The zero-order valence-corrected chi connectivity index (χ0v) is 13.8. The molecule has 2 aromatic heterocycles. The minimum atomic E-state index is 0.329. The molecule has 1 N–H and O–H groups in total. The van der Waals surface area contributed by atoms with E-state index in [-0.39, 0.29) is 0 Å². The molecule has 3 nitrogen and oxygen atoms in total. The van der Waals surface area contributed by atoms with Crippen molar-refractivity contribution < 1.29 is 0 Å². The van der Waals surface area contributed by atoms with Crippen molar-refractivity contribution in [2.45, 2.75) is 40.3 Å². The van der Waals surface area contributed by atoms with E-state index in [0.29, 0.717) is 6.04 Å². The van der Waals surface area contributed by atoms with Gasteiger partial charge in [0.1, 0.15) is 0 Å². The van der Waals surface area contributed by atoms with Crippen molar-refractivity contribution in [2.24, 2.45) is 0 Å².